The summed E-state index contributed by atoms with van der Waals surface area (Å²) in [6.07, 6.45) is 1.62. The van der Waals surface area contributed by atoms with E-state index >= 15 is 0 Å². The minimum absolute atomic E-state index is 0.0708. The van der Waals surface area contributed by atoms with Crippen LogP contribution in [0.4, 0.5) is 5.69 Å². The van der Waals surface area contributed by atoms with E-state index in [2.05, 4.69) is 22.8 Å². The molecule has 0 saturated carbocycles. The highest BCUT2D eigenvalue weighted by molar-refractivity contribution is 6.00. The standard InChI is InChI=1S/C26H28N2O2/c1-18-15-19(2)25(20(3)16-18)28-24(29)17-27-26(30)23-12-8-7-11-22(23)14-13-21-9-5-4-6-10-21/h4-12,15-16H,13-14,17H2,1-3H3,(H,27,30)(H,28,29). The van der Waals surface area contributed by atoms with Crippen molar-refractivity contribution < 1.29 is 9.59 Å². The fourth-order valence-corrected chi connectivity index (χ4v) is 3.70. The highest BCUT2D eigenvalue weighted by atomic mass is 16.2. The Kier molecular flexibility index (Phi) is 7.02. The molecule has 0 saturated heterocycles. The summed E-state index contributed by atoms with van der Waals surface area (Å²) in [5.74, 6) is -0.466. The van der Waals surface area contributed by atoms with Crippen LogP contribution in [0.15, 0.2) is 66.7 Å². The van der Waals surface area contributed by atoms with Gasteiger partial charge in [-0.3, -0.25) is 9.59 Å². The van der Waals surface area contributed by atoms with Crippen molar-refractivity contribution in [2.75, 3.05) is 11.9 Å². The molecule has 4 nitrogen and oxygen atoms in total. The van der Waals surface area contributed by atoms with Crippen LogP contribution in [0.3, 0.4) is 0 Å². The molecule has 2 N–H and O–H groups in total. The van der Waals surface area contributed by atoms with E-state index in [1.54, 1.807) is 0 Å². The van der Waals surface area contributed by atoms with Gasteiger partial charge in [0.2, 0.25) is 5.91 Å². The average Bonchev–Trinajstić information content (AvgIpc) is 2.74. The molecular formula is C26H28N2O2. The van der Waals surface area contributed by atoms with E-state index in [4.69, 9.17) is 0 Å². The molecule has 0 aliphatic carbocycles. The first kappa shape index (κ1) is 21.3. The van der Waals surface area contributed by atoms with Crippen LogP contribution >= 0.6 is 0 Å². The maximum absolute atomic E-state index is 12.7. The number of carbonyl (C=O) groups is 2. The summed E-state index contributed by atoms with van der Waals surface area (Å²) in [4.78, 5) is 25.1. The second-order valence-corrected chi connectivity index (χ2v) is 7.65. The minimum Gasteiger partial charge on any atom is -0.343 e. The van der Waals surface area contributed by atoms with Crippen molar-refractivity contribution in [3.05, 3.63) is 100 Å². The number of rotatable bonds is 7. The Morgan fingerprint density at radius 1 is 0.800 bits per heavy atom. The summed E-state index contributed by atoms with van der Waals surface area (Å²) in [6, 6.07) is 21.8. The Hall–Kier alpha value is -3.40. The minimum atomic E-state index is -0.236. The molecule has 154 valence electrons. The van der Waals surface area contributed by atoms with Crippen LogP contribution < -0.4 is 10.6 Å². The molecule has 0 spiro atoms. The van der Waals surface area contributed by atoms with Gasteiger partial charge < -0.3 is 10.6 Å². The predicted molar refractivity (Wildman–Crippen MR) is 122 cm³/mol. The summed E-state index contributed by atoms with van der Waals surface area (Å²) < 4.78 is 0. The highest BCUT2D eigenvalue weighted by Crippen LogP contribution is 2.21. The third-order valence-electron chi connectivity index (χ3n) is 5.14. The summed E-state index contributed by atoms with van der Waals surface area (Å²) in [5.41, 5.74) is 6.81. The molecule has 30 heavy (non-hydrogen) atoms. The maximum atomic E-state index is 12.7. The zero-order valence-corrected chi connectivity index (χ0v) is 17.8. The van der Waals surface area contributed by atoms with Gasteiger partial charge in [0.1, 0.15) is 0 Å². The average molecular weight is 401 g/mol. The molecule has 0 aliphatic rings. The van der Waals surface area contributed by atoms with Gasteiger partial charge in [-0.1, -0.05) is 66.2 Å². The van der Waals surface area contributed by atoms with Crippen LogP contribution in [0, 0.1) is 20.8 Å². The topological polar surface area (TPSA) is 58.2 Å². The number of amides is 2. The van der Waals surface area contributed by atoms with Crippen LogP contribution in [0.1, 0.15) is 38.2 Å². The van der Waals surface area contributed by atoms with Gasteiger partial charge in [-0.25, -0.2) is 0 Å². The molecule has 3 aromatic rings. The number of anilines is 1. The maximum Gasteiger partial charge on any atom is 0.251 e. The molecule has 0 fully saturated rings. The highest BCUT2D eigenvalue weighted by Gasteiger charge is 2.13. The van der Waals surface area contributed by atoms with E-state index in [0.717, 1.165) is 40.8 Å². The lowest BCUT2D eigenvalue weighted by Gasteiger charge is -2.14. The van der Waals surface area contributed by atoms with E-state index in [1.165, 1.54) is 5.56 Å². The van der Waals surface area contributed by atoms with Gasteiger partial charge >= 0.3 is 0 Å². The van der Waals surface area contributed by atoms with Gasteiger partial charge in [-0.15, -0.1) is 0 Å². The molecule has 2 amide bonds. The quantitative estimate of drug-likeness (QED) is 0.600. The normalized spacial score (nSPS) is 10.5. The Bertz CT molecular complexity index is 1020. The van der Waals surface area contributed by atoms with E-state index in [0.29, 0.717) is 5.56 Å². The van der Waals surface area contributed by atoms with Gasteiger partial charge in [0.05, 0.1) is 6.54 Å². The molecule has 0 aromatic heterocycles. The van der Waals surface area contributed by atoms with Crippen molar-refractivity contribution in [3.8, 4) is 0 Å². The van der Waals surface area contributed by atoms with Crippen LogP contribution in [0.2, 0.25) is 0 Å². The summed E-state index contributed by atoms with van der Waals surface area (Å²) >= 11 is 0. The van der Waals surface area contributed by atoms with E-state index in [1.807, 2.05) is 75.4 Å². The first-order valence-corrected chi connectivity index (χ1v) is 10.2. The van der Waals surface area contributed by atoms with Crippen molar-refractivity contribution in [2.45, 2.75) is 33.6 Å². The lowest BCUT2D eigenvalue weighted by molar-refractivity contribution is -0.115. The fraction of sp³-hybridized carbons (Fsp3) is 0.231. The van der Waals surface area contributed by atoms with Crippen LogP contribution in [-0.2, 0) is 17.6 Å². The number of hydrogen-bond donors (Lipinski definition) is 2. The van der Waals surface area contributed by atoms with Gasteiger partial charge in [0, 0.05) is 11.3 Å². The lowest BCUT2D eigenvalue weighted by Crippen LogP contribution is -2.33. The monoisotopic (exact) mass is 400 g/mol. The first-order chi connectivity index (χ1) is 14.4. The molecule has 3 aromatic carbocycles. The molecule has 0 aliphatic heterocycles. The van der Waals surface area contributed by atoms with Crippen molar-refractivity contribution in [1.29, 1.82) is 0 Å². The molecule has 0 heterocycles. The van der Waals surface area contributed by atoms with Crippen LogP contribution in [0.25, 0.3) is 0 Å². The molecule has 4 heteroatoms. The lowest BCUT2D eigenvalue weighted by atomic mass is 9.99. The molecule has 0 bridgehead atoms. The largest absolute Gasteiger partial charge is 0.343 e. The molecule has 0 radical (unpaired) electrons. The number of hydrogen-bond acceptors (Lipinski definition) is 2. The zero-order valence-electron chi connectivity index (χ0n) is 17.8. The Morgan fingerprint density at radius 3 is 2.13 bits per heavy atom. The van der Waals surface area contributed by atoms with E-state index in [-0.39, 0.29) is 18.4 Å². The SMILES string of the molecule is Cc1cc(C)c(NC(=O)CNC(=O)c2ccccc2CCc2ccccc2)c(C)c1. The number of carbonyl (C=O) groups excluding carboxylic acids is 2. The third-order valence-corrected chi connectivity index (χ3v) is 5.14. The number of benzene rings is 3. The van der Waals surface area contributed by atoms with E-state index in [9.17, 15) is 9.59 Å². The molecule has 0 unspecified atom stereocenters. The Balaban J connectivity index is 1.60. The van der Waals surface area contributed by atoms with Crippen molar-refractivity contribution in [3.63, 3.8) is 0 Å². The van der Waals surface area contributed by atoms with Gasteiger partial charge in [-0.05, 0) is 61.9 Å². The van der Waals surface area contributed by atoms with Gasteiger partial charge in [0.15, 0.2) is 0 Å². The fourth-order valence-electron chi connectivity index (χ4n) is 3.70. The molecule has 0 atom stereocenters. The van der Waals surface area contributed by atoms with Crippen molar-refractivity contribution in [2.24, 2.45) is 0 Å². The summed E-state index contributed by atoms with van der Waals surface area (Å²) in [7, 11) is 0. The number of aryl methyl sites for hydroxylation is 5. The van der Waals surface area contributed by atoms with Crippen molar-refractivity contribution in [1.82, 2.24) is 5.32 Å². The number of nitrogens with one attached hydrogen (secondary N) is 2. The van der Waals surface area contributed by atoms with E-state index < -0.39 is 0 Å². The Morgan fingerprint density at radius 2 is 1.43 bits per heavy atom. The first-order valence-electron chi connectivity index (χ1n) is 10.2. The second kappa shape index (κ2) is 9.88. The molecular weight excluding hydrogens is 372 g/mol. The Labute approximate surface area is 178 Å². The second-order valence-electron chi connectivity index (χ2n) is 7.65. The summed E-state index contributed by atoms with van der Waals surface area (Å²) in [5, 5.41) is 5.68. The predicted octanol–water partition coefficient (Wildman–Crippen LogP) is 4.77. The van der Waals surface area contributed by atoms with Crippen LogP contribution in [-0.4, -0.2) is 18.4 Å². The molecule has 3 rings (SSSR count). The van der Waals surface area contributed by atoms with Gasteiger partial charge in [0.25, 0.3) is 5.91 Å². The van der Waals surface area contributed by atoms with Crippen molar-refractivity contribution >= 4 is 17.5 Å². The zero-order chi connectivity index (χ0) is 21.5. The third kappa shape index (κ3) is 5.57. The summed E-state index contributed by atoms with van der Waals surface area (Å²) in [6.45, 7) is 5.90. The van der Waals surface area contributed by atoms with Crippen LogP contribution in [0.5, 0.6) is 0 Å². The smallest absolute Gasteiger partial charge is 0.251 e. The van der Waals surface area contributed by atoms with Gasteiger partial charge in [-0.2, -0.15) is 0 Å².